The number of carbonyl (C=O) groups is 1. The van der Waals surface area contributed by atoms with Crippen molar-refractivity contribution in [3.05, 3.63) is 63.6 Å². The maximum absolute atomic E-state index is 13.0. The molecule has 2 N–H and O–H groups in total. The number of benzene rings is 2. The van der Waals surface area contributed by atoms with Crippen LogP contribution in [0.3, 0.4) is 0 Å². The lowest BCUT2D eigenvalue weighted by atomic mass is 9.78. The van der Waals surface area contributed by atoms with Gasteiger partial charge in [0, 0.05) is 29.3 Å². The minimum absolute atomic E-state index is 0.136. The average molecular weight is 483 g/mol. The molecular weight excluding hydrogens is 452 g/mol. The van der Waals surface area contributed by atoms with Crippen molar-refractivity contribution < 1.29 is 24.1 Å². The number of nitrogens with one attached hydrogen (secondary N) is 1. The summed E-state index contributed by atoms with van der Waals surface area (Å²) in [5.41, 5.74) is 2.24. The predicted octanol–water partition coefficient (Wildman–Crippen LogP) is 4.71. The Kier molecular flexibility index (Phi) is 7.26. The molecule has 1 amide bonds. The normalized spacial score (nSPS) is 14.6. The largest absolute Gasteiger partial charge is 0.508 e. The molecule has 0 radical (unpaired) electrons. The van der Waals surface area contributed by atoms with E-state index >= 15 is 0 Å². The maximum atomic E-state index is 13.0. The number of aromatic hydroxyl groups is 1. The lowest BCUT2D eigenvalue weighted by Gasteiger charge is -2.30. The number of ether oxygens (including phenoxy) is 3. The second-order valence-corrected chi connectivity index (χ2v) is 9.48. The molecular formula is C26H30N2O5S. The number of thiazole rings is 1. The molecule has 1 aromatic heterocycles. The predicted molar refractivity (Wildman–Crippen MR) is 132 cm³/mol. The molecule has 0 saturated heterocycles. The summed E-state index contributed by atoms with van der Waals surface area (Å²) in [5.74, 6) is 2.06. The second-order valence-electron chi connectivity index (χ2n) is 8.54. The summed E-state index contributed by atoms with van der Waals surface area (Å²) in [6.45, 7) is 0.536. The van der Waals surface area contributed by atoms with Crippen LogP contribution in [0.5, 0.6) is 23.0 Å². The molecule has 1 fully saturated rings. The molecule has 0 atom stereocenters. The van der Waals surface area contributed by atoms with E-state index in [1.807, 2.05) is 12.1 Å². The monoisotopic (exact) mass is 482 g/mol. The first-order valence-corrected chi connectivity index (χ1v) is 12.2. The standard InChI is InChI=1S/C26H30N2O5S/c1-31-21-9-7-19(29)12-17(21)13-24-28-20(15-34-24)25(30)27-16-26(10-4-5-11-26)18-6-8-22(32-2)23(14-18)33-3/h6-9,12,14-15,29H,4-5,10-11,13,16H2,1-3H3,(H,27,30). The number of carbonyl (C=O) groups excluding carboxylic acids is 1. The number of nitrogens with zero attached hydrogens (tertiary/aromatic N) is 1. The number of phenolic OH excluding ortho intramolecular Hbond substituents is 1. The highest BCUT2D eigenvalue weighted by Gasteiger charge is 2.36. The third kappa shape index (κ3) is 4.97. The summed E-state index contributed by atoms with van der Waals surface area (Å²) in [5, 5.41) is 15.5. The number of hydrogen-bond acceptors (Lipinski definition) is 7. The molecule has 1 saturated carbocycles. The molecule has 0 unspecified atom stereocenters. The van der Waals surface area contributed by atoms with E-state index in [1.54, 1.807) is 44.9 Å². The SMILES string of the molecule is COc1ccc(O)cc1Cc1nc(C(=O)NCC2(c3ccc(OC)c(OC)c3)CCCC2)cs1. The lowest BCUT2D eigenvalue weighted by Crippen LogP contribution is -2.39. The zero-order valence-electron chi connectivity index (χ0n) is 19.7. The van der Waals surface area contributed by atoms with Crippen LogP contribution in [0.2, 0.25) is 0 Å². The molecule has 0 aliphatic heterocycles. The third-order valence-corrected chi connectivity index (χ3v) is 7.38. The number of aromatic nitrogens is 1. The molecule has 180 valence electrons. The molecule has 0 bridgehead atoms. The van der Waals surface area contributed by atoms with Gasteiger partial charge >= 0.3 is 0 Å². The van der Waals surface area contributed by atoms with E-state index in [-0.39, 0.29) is 17.1 Å². The van der Waals surface area contributed by atoms with E-state index < -0.39 is 0 Å². The van der Waals surface area contributed by atoms with E-state index in [2.05, 4.69) is 16.4 Å². The van der Waals surface area contributed by atoms with Crippen molar-refractivity contribution in [3.8, 4) is 23.0 Å². The molecule has 0 spiro atoms. The summed E-state index contributed by atoms with van der Waals surface area (Å²) in [6.07, 6.45) is 4.73. The van der Waals surface area contributed by atoms with Crippen molar-refractivity contribution in [1.82, 2.24) is 10.3 Å². The van der Waals surface area contributed by atoms with Crippen LogP contribution in [0.25, 0.3) is 0 Å². The number of methoxy groups -OCH3 is 3. The Bertz CT molecular complexity index is 1150. The van der Waals surface area contributed by atoms with E-state index in [4.69, 9.17) is 14.2 Å². The summed E-state index contributed by atoms with van der Waals surface area (Å²) >= 11 is 1.42. The number of phenols is 1. The fourth-order valence-corrected chi connectivity index (χ4v) is 5.49. The fraction of sp³-hybridized carbons (Fsp3) is 0.385. The van der Waals surface area contributed by atoms with Crippen LogP contribution in [0.15, 0.2) is 41.8 Å². The van der Waals surface area contributed by atoms with Crippen LogP contribution < -0.4 is 19.5 Å². The summed E-state index contributed by atoms with van der Waals surface area (Å²) in [7, 11) is 4.85. The van der Waals surface area contributed by atoms with Crippen molar-refractivity contribution in [2.75, 3.05) is 27.9 Å². The molecule has 1 aliphatic carbocycles. The smallest absolute Gasteiger partial charge is 0.270 e. The van der Waals surface area contributed by atoms with Gasteiger partial charge in [0.05, 0.1) is 26.3 Å². The van der Waals surface area contributed by atoms with Crippen molar-refractivity contribution in [3.63, 3.8) is 0 Å². The van der Waals surface area contributed by atoms with Gasteiger partial charge in [0.1, 0.15) is 17.2 Å². The molecule has 7 nitrogen and oxygen atoms in total. The van der Waals surface area contributed by atoms with Crippen molar-refractivity contribution in [2.45, 2.75) is 37.5 Å². The lowest BCUT2D eigenvalue weighted by molar-refractivity contribution is 0.0938. The first kappa shape index (κ1) is 23.9. The number of hydrogen-bond donors (Lipinski definition) is 2. The fourth-order valence-electron chi connectivity index (χ4n) is 4.69. The molecule has 34 heavy (non-hydrogen) atoms. The van der Waals surface area contributed by atoms with Crippen molar-refractivity contribution >= 4 is 17.2 Å². The van der Waals surface area contributed by atoms with Crippen LogP contribution in [0.1, 0.15) is 52.3 Å². The van der Waals surface area contributed by atoms with Crippen molar-refractivity contribution in [2.24, 2.45) is 0 Å². The average Bonchev–Trinajstić information content (AvgIpc) is 3.53. The summed E-state index contributed by atoms with van der Waals surface area (Å²) < 4.78 is 16.3. The molecule has 3 aromatic rings. The van der Waals surface area contributed by atoms with Crippen molar-refractivity contribution in [1.29, 1.82) is 0 Å². The highest BCUT2D eigenvalue weighted by molar-refractivity contribution is 7.09. The van der Waals surface area contributed by atoms with Crippen LogP contribution in [0, 0.1) is 0 Å². The molecule has 2 aromatic carbocycles. The number of amides is 1. The Morgan fingerprint density at radius 1 is 1.03 bits per heavy atom. The van der Waals surface area contributed by atoms with E-state index in [0.29, 0.717) is 35.9 Å². The highest BCUT2D eigenvalue weighted by atomic mass is 32.1. The van der Waals surface area contributed by atoms with Gasteiger partial charge in [-0.05, 0) is 48.7 Å². The minimum Gasteiger partial charge on any atom is -0.508 e. The quantitative estimate of drug-likeness (QED) is 0.459. The molecule has 4 rings (SSSR count). The van der Waals surface area contributed by atoms with Gasteiger partial charge in [-0.15, -0.1) is 11.3 Å². The summed E-state index contributed by atoms with van der Waals surface area (Å²) in [4.78, 5) is 17.5. The minimum atomic E-state index is -0.183. The molecule has 1 heterocycles. The van der Waals surface area contributed by atoms with E-state index in [1.165, 1.54) is 11.3 Å². The van der Waals surface area contributed by atoms with Gasteiger partial charge in [-0.3, -0.25) is 4.79 Å². The Balaban J connectivity index is 1.47. The van der Waals surface area contributed by atoms with E-state index in [9.17, 15) is 9.90 Å². The first-order valence-electron chi connectivity index (χ1n) is 11.3. The van der Waals surface area contributed by atoms with Crippen LogP contribution >= 0.6 is 11.3 Å². The molecule has 1 aliphatic rings. The Morgan fingerprint density at radius 2 is 1.74 bits per heavy atom. The van der Waals surface area contributed by atoms with Gasteiger partial charge < -0.3 is 24.6 Å². The van der Waals surface area contributed by atoms with Crippen LogP contribution in [-0.4, -0.2) is 43.9 Å². The Hall–Kier alpha value is -3.26. The van der Waals surface area contributed by atoms with Crippen LogP contribution in [0.4, 0.5) is 0 Å². The van der Waals surface area contributed by atoms with Gasteiger partial charge in [0.15, 0.2) is 11.5 Å². The summed E-state index contributed by atoms with van der Waals surface area (Å²) in [6, 6.07) is 11.0. The first-order chi connectivity index (χ1) is 16.5. The zero-order valence-corrected chi connectivity index (χ0v) is 20.5. The Labute approximate surface area is 203 Å². The topological polar surface area (TPSA) is 89.9 Å². The van der Waals surface area contributed by atoms with Crippen LogP contribution in [-0.2, 0) is 11.8 Å². The van der Waals surface area contributed by atoms with Gasteiger partial charge in [-0.25, -0.2) is 4.98 Å². The van der Waals surface area contributed by atoms with E-state index in [0.717, 1.165) is 41.8 Å². The third-order valence-electron chi connectivity index (χ3n) is 6.53. The molecule has 8 heteroatoms. The van der Waals surface area contributed by atoms with Gasteiger partial charge in [0.25, 0.3) is 5.91 Å². The van der Waals surface area contributed by atoms with Gasteiger partial charge in [-0.1, -0.05) is 18.9 Å². The van der Waals surface area contributed by atoms with Gasteiger partial charge in [0.2, 0.25) is 0 Å². The number of rotatable bonds is 9. The Morgan fingerprint density at radius 3 is 2.44 bits per heavy atom. The zero-order chi connectivity index (χ0) is 24.1. The highest BCUT2D eigenvalue weighted by Crippen LogP contribution is 2.43. The maximum Gasteiger partial charge on any atom is 0.270 e. The van der Waals surface area contributed by atoms with Gasteiger partial charge in [-0.2, -0.15) is 0 Å². The second kappa shape index (κ2) is 10.3.